The summed E-state index contributed by atoms with van der Waals surface area (Å²) in [7, 11) is 0.605. The topological polar surface area (TPSA) is 73.4 Å². The van der Waals surface area contributed by atoms with E-state index in [-0.39, 0.29) is 0 Å². The third-order valence-electron chi connectivity index (χ3n) is 1.12. The fraction of sp³-hybridized carbons (Fsp3) is 0. The summed E-state index contributed by atoms with van der Waals surface area (Å²) in [5, 5.41) is 11.0. The molecule has 0 amide bonds. The highest BCUT2D eigenvalue weighted by atomic mass is 35.7. The van der Waals surface area contributed by atoms with Crippen LogP contribution >= 0.6 is 10.7 Å². The van der Waals surface area contributed by atoms with E-state index in [0.29, 0.717) is 0 Å². The fourth-order valence-corrected chi connectivity index (χ4v) is 1.12. The molecule has 1 aromatic heterocycles. The first kappa shape index (κ1) is 9.94. The van der Waals surface area contributed by atoms with Crippen molar-refractivity contribution in [3.05, 3.63) is 30.6 Å². The number of pyridine rings is 1. The molecule has 70 valence electrons. The van der Waals surface area contributed by atoms with Crippen molar-refractivity contribution in [2.24, 2.45) is 4.40 Å². The maximum absolute atomic E-state index is 11.0. The molecule has 0 atom stereocenters. The van der Waals surface area contributed by atoms with Crippen molar-refractivity contribution in [1.29, 1.82) is 0 Å². The molecule has 1 aromatic rings. The quantitative estimate of drug-likeness (QED) is 0.264. The van der Waals surface area contributed by atoms with Crippen LogP contribution in [0.2, 0.25) is 0 Å². The van der Waals surface area contributed by atoms with Crippen LogP contribution < -0.4 is 9.67 Å². The number of rotatable bonds is 1. The number of aromatic nitrogens is 1. The average molecular weight is 221 g/mol. The lowest BCUT2D eigenvalue weighted by Crippen LogP contribution is -2.50. The second kappa shape index (κ2) is 3.71. The van der Waals surface area contributed by atoms with Crippen LogP contribution in [-0.2, 0) is 9.24 Å². The summed E-state index contributed by atoms with van der Waals surface area (Å²) < 4.78 is 24.5. The predicted molar refractivity (Wildman–Crippen MR) is 44.2 cm³/mol. The second-order valence-corrected chi connectivity index (χ2v) is 4.25. The zero-order chi connectivity index (χ0) is 9.90. The number of nitrogens with zero attached hydrogens (tertiary/aromatic N) is 2. The minimum absolute atomic E-state index is 0.949. The van der Waals surface area contributed by atoms with Gasteiger partial charge >= 0.3 is 9.24 Å². The maximum atomic E-state index is 11.0. The Kier molecular flexibility index (Phi) is 2.84. The lowest BCUT2D eigenvalue weighted by Gasteiger charge is -1.99. The first-order valence-corrected chi connectivity index (χ1v) is 5.44. The van der Waals surface area contributed by atoms with E-state index in [9.17, 15) is 13.5 Å². The summed E-state index contributed by atoms with van der Waals surface area (Å²) in [5.41, 5.74) is 0. The Morgan fingerprint density at radius 2 is 1.85 bits per heavy atom. The van der Waals surface area contributed by atoms with E-state index in [4.69, 9.17) is 10.7 Å². The Morgan fingerprint density at radius 3 is 2.31 bits per heavy atom. The van der Waals surface area contributed by atoms with Crippen molar-refractivity contribution in [3.63, 3.8) is 0 Å². The molecule has 13 heavy (non-hydrogen) atoms. The maximum Gasteiger partial charge on any atom is 0.429 e. The zero-order valence-corrected chi connectivity index (χ0v) is 7.86. The molecule has 0 saturated carbocycles. The van der Waals surface area contributed by atoms with Gasteiger partial charge in [0.1, 0.15) is 0 Å². The van der Waals surface area contributed by atoms with Gasteiger partial charge in [-0.15, -0.1) is 0 Å². The van der Waals surface area contributed by atoms with E-state index in [2.05, 4.69) is 4.40 Å². The van der Waals surface area contributed by atoms with Crippen molar-refractivity contribution >= 4 is 25.9 Å². The standard InChI is InChI=1S/C6H5ClN2O3S/c7-13(11,12)8-6(10)9-4-2-1-3-5-9/h1-5H. The second-order valence-electron chi connectivity index (χ2n) is 2.07. The van der Waals surface area contributed by atoms with Gasteiger partial charge in [0.05, 0.1) is 27.5 Å². The normalized spacial score (nSPS) is 12.8. The van der Waals surface area contributed by atoms with Crippen LogP contribution in [0.5, 0.6) is 0 Å². The van der Waals surface area contributed by atoms with Crippen molar-refractivity contribution in [2.75, 3.05) is 0 Å². The molecule has 0 fully saturated rings. The summed E-state index contributed by atoms with van der Waals surface area (Å²) in [5.74, 6) is 0. The highest BCUT2D eigenvalue weighted by molar-refractivity contribution is 8.12. The molecular formula is C6H5ClN2O3S. The van der Waals surface area contributed by atoms with Gasteiger partial charge < -0.3 is 5.11 Å². The van der Waals surface area contributed by atoms with Gasteiger partial charge in [0.25, 0.3) is 6.02 Å². The fourth-order valence-electron chi connectivity index (χ4n) is 0.667. The van der Waals surface area contributed by atoms with Crippen LogP contribution in [0.1, 0.15) is 0 Å². The highest BCUT2D eigenvalue weighted by Gasteiger charge is 2.10. The molecule has 5 nitrogen and oxygen atoms in total. The minimum atomic E-state index is -4.14. The smallest absolute Gasteiger partial charge is 0.429 e. The molecule has 0 bridgehead atoms. The number of hydrogen-bond donors (Lipinski definition) is 0. The molecule has 0 unspecified atom stereocenters. The molecule has 0 N–H and O–H groups in total. The van der Waals surface area contributed by atoms with Crippen LogP contribution in [0, 0.1) is 0 Å². The van der Waals surface area contributed by atoms with Gasteiger partial charge in [-0.2, -0.15) is 8.42 Å². The van der Waals surface area contributed by atoms with Crippen LogP contribution in [0.3, 0.4) is 0 Å². The molecule has 0 aliphatic rings. The Labute approximate surface area is 79.5 Å². The van der Waals surface area contributed by atoms with Crippen LogP contribution in [0.25, 0.3) is 0 Å². The monoisotopic (exact) mass is 220 g/mol. The Morgan fingerprint density at radius 1 is 1.31 bits per heavy atom. The van der Waals surface area contributed by atoms with Gasteiger partial charge in [-0.3, -0.25) is 0 Å². The van der Waals surface area contributed by atoms with Crippen LogP contribution in [0.4, 0.5) is 0 Å². The van der Waals surface area contributed by atoms with E-state index >= 15 is 0 Å². The highest BCUT2D eigenvalue weighted by Crippen LogP contribution is 1.95. The van der Waals surface area contributed by atoms with Crippen LogP contribution in [-0.4, -0.2) is 14.4 Å². The Hall–Kier alpha value is -1.14. The molecule has 0 aliphatic heterocycles. The lowest BCUT2D eigenvalue weighted by molar-refractivity contribution is -0.614. The van der Waals surface area contributed by atoms with E-state index < -0.39 is 15.3 Å². The van der Waals surface area contributed by atoms with Crippen molar-refractivity contribution in [2.45, 2.75) is 0 Å². The minimum Gasteiger partial charge on any atom is -0.806 e. The summed E-state index contributed by atoms with van der Waals surface area (Å²) >= 11 is 0. The molecule has 0 radical (unpaired) electrons. The molecule has 7 heteroatoms. The van der Waals surface area contributed by atoms with Gasteiger partial charge in [0, 0.05) is 0 Å². The summed E-state index contributed by atoms with van der Waals surface area (Å²) in [4.78, 5) is 0. The molecule has 0 spiro atoms. The number of halogens is 1. The van der Waals surface area contributed by atoms with E-state index in [1.165, 1.54) is 12.4 Å². The van der Waals surface area contributed by atoms with Crippen molar-refractivity contribution in [3.8, 4) is 0 Å². The van der Waals surface area contributed by atoms with Crippen LogP contribution in [0.15, 0.2) is 35.0 Å². The van der Waals surface area contributed by atoms with E-state index in [0.717, 1.165) is 4.57 Å². The van der Waals surface area contributed by atoms with E-state index in [1.807, 2.05) is 0 Å². The first-order chi connectivity index (χ1) is 5.99. The molecule has 0 aliphatic carbocycles. The SMILES string of the molecule is O=S(=O)(Cl)/N=C(\[O-])[n+]1ccccc1. The Balaban J connectivity index is 3.06. The third-order valence-corrected chi connectivity index (χ3v) is 1.70. The van der Waals surface area contributed by atoms with Gasteiger partial charge in [-0.25, -0.2) is 4.57 Å². The van der Waals surface area contributed by atoms with Crippen molar-refractivity contribution < 1.29 is 18.1 Å². The summed E-state index contributed by atoms with van der Waals surface area (Å²) in [6, 6.07) is 3.86. The molecule has 0 saturated heterocycles. The van der Waals surface area contributed by atoms with Gasteiger partial charge in [-0.05, 0) is 12.1 Å². The zero-order valence-electron chi connectivity index (χ0n) is 6.29. The molecular weight excluding hydrogens is 216 g/mol. The molecule has 1 rings (SSSR count). The molecule has 0 aromatic carbocycles. The molecule has 1 heterocycles. The first-order valence-electron chi connectivity index (χ1n) is 3.17. The van der Waals surface area contributed by atoms with E-state index in [1.54, 1.807) is 18.2 Å². The lowest BCUT2D eigenvalue weighted by atomic mass is 10.5. The van der Waals surface area contributed by atoms with Gasteiger partial charge in [0.15, 0.2) is 0 Å². The van der Waals surface area contributed by atoms with Gasteiger partial charge in [0.2, 0.25) is 0 Å². The number of hydrogen-bond acceptors (Lipinski definition) is 3. The largest absolute Gasteiger partial charge is 0.806 e. The van der Waals surface area contributed by atoms with Crippen molar-refractivity contribution in [1.82, 2.24) is 0 Å². The summed E-state index contributed by atoms with van der Waals surface area (Å²) in [6.45, 7) is 0. The third kappa shape index (κ3) is 3.39. The predicted octanol–water partition coefficient (Wildman–Crippen LogP) is -0.978. The Bertz CT molecular complexity index is 415. The average Bonchev–Trinajstić information content (AvgIpc) is 2.03. The van der Waals surface area contributed by atoms with Gasteiger partial charge in [-0.1, -0.05) is 6.07 Å². The summed E-state index contributed by atoms with van der Waals surface area (Å²) in [6.07, 6.45) is 2.74.